The zero-order valence-electron chi connectivity index (χ0n) is 18.5. The van der Waals surface area contributed by atoms with E-state index in [-0.39, 0.29) is 48.2 Å². The first-order chi connectivity index (χ1) is 15.7. The number of amides is 3. The number of likely N-dealkylation sites (N-methyl/N-ethyl adjacent to an activating group) is 1. The predicted molar refractivity (Wildman–Crippen MR) is 124 cm³/mol. The molecule has 2 aromatic rings. The number of carbonyl (C=O) groups excluding carboxylic acids is 3. The highest BCUT2D eigenvalue weighted by Gasteiger charge is 2.40. The molecule has 0 saturated heterocycles. The van der Waals surface area contributed by atoms with Crippen LogP contribution in [0, 0.1) is 0 Å². The topological polar surface area (TPSA) is 104 Å². The van der Waals surface area contributed by atoms with Crippen LogP contribution in [-0.4, -0.2) is 55.0 Å². The van der Waals surface area contributed by atoms with Gasteiger partial charge in [0.1, 0.15) is 10.9 Å². The lowest BCUT2D eigenvalue weighted by molar-refractivity contribution is -0.141. The van der Waals surface area contributed by atoms with Crippen LogP contribution in [0.1, 0.15) is 42.1 Å². The van der Waals surface area contributed by atoms with E-state index in [0.717, 1.165) is 4.31 Å². The minimum atomic E-state index is -3.93. The molecule has 3 amide bonds. The number of halogens is 1. The van der Waals surface area contributed by atoms with Crippen LogP contribution in [0.4, 0.5) is 0 Å². The van der Waals surface area contributed by atoms with E-state index in [1.165, 1.54) is 24.1 Å². The fraction of sp³-hybridized carbons (Fsp3) is 0.348. The van der Waals surface area contributed by atoms with Crippen molar-refractivity contribution >= 4 is 39.3 Å². The van der Waals surface area contributed by atoms with Crippen LogP contribution in [0.5, 0.6) is 0 Å². The van der Waals surface area contributed by atoms with E-state index < -0.39 is 22.0 Å². The fourth-order valence-corrected chi connectivity index (χ4v) is 5.67. The van der Waals surface area contributed by atoms with E-state index >= 15 is 0 Å². The van der Waals surface area contributed by atoms with Gasteiger partial charge in [0, 0.05) is 31.6 Å². The number of hydrogen-bond donors (Lipinski definition) is 1. The van der Waals surface area contributed by atoms with Gasteiger partial charge in [0.15, 0.2) is 0 Å². The molecule has 0 unspecified atom stereocenters. The number of carbonyl (C=O) groups is 3. The highest BCUT2D eigenvalue weighted by molar-refractivity contribution is 7.90. The van der Waals surface area contributed by atoms with E-state index in [1.54, 1.807) is 43.3 Å². The first-order valence-electron chi connectivity index (χ1n) is 10.6. The molecule has 1 atom stereocenters. The molecule has 1 aliphatic rings. The highest BCUT2D eigenvalue weighted by atomic mass is 35.5. The molecule has 0 radical (unpaired) electrons. The summed E-state index contributed by atoms with van der Waals surface area (Å²) in [6, 6.07) is 12.4. The number of fused-ring (bicyclic) bond motifs is 1. The second-order valence-corrected chi connectivity index (χ2v) is 9.87. The zero-order chi connectivity index (χ0) is 24.2. The molecule has 3 rings (SSSR count). The van der Waals surface area contributed by atoms with Crippen molar-refractivity contribution < 1.29 is 22.8 Å². The third kappa shape index (κ3) is 5.04. The second kappa shape index (κ2) is 10.4. The van der Waals surface area contributed by atoms with Crippen LogP contribution in [0.15, 0.2) is 53.4 Å². The van der Waals surface area contributed by atoms with Crippen LogP contribution in [0.2, 0.25) is 5.02 Å². The summed E-state index contributed by atoms with van der Waals surface area (Å²) >= 11 is 6.27. The van der Waals surface area contributed by atoms with Gasteiger partial charge in [0.2, 0.25) is 11.8 Å². The molecule has 0 aromatic heterocycles. The van der Waals surface area contributed by atoms with Crippen molar-refractivity contribution in [3.8, 4) is 0 Å². The van der Waals surface area contributed by atoms with Gasteiger partial charge in [0.05, 0.1) is 5.56 Å². The Kier molecular flexibility index (Phi) is 7.76. The molecule has 2 aromatic carbocycles. The summed E-state index contributed by atoms with van der Waals surface area (Å²) in [4.78, 5) is 39.6. The lowest BCUT2D eigenvalue weighted by Gasteiger charge is -2.30. The Morgan fingerprint density at radius 3 is 2.42 bits per heavy atom. The molecule has 33 heavy (non-hydrogen) atoms. The van der Waals surface area contributed by atoms with Crippen molar-refractivity contribution in [1.29, 1.82) is 0 Å². The summed E-state index contributed by atoms with van der Waals surface area (Å²) in [5, 5.41) is 3.06. The number of sulfonamides is 1. The predicted octanol–water partition coefficient (Wildman–Crippen LogP) is 2.82. The summed E-state index contributed by atoms with van der Waals surface area (Å²) in [5.41, 5.74) is 0.831. The fourth-order valence-electron chi connectivity index (χ4n) is 3.87. The maximum Gasteiger partial charge on any atom is 0.269 e. The van der Waals surface area contributed by atoms with Gasteiger partial charge in [-0.1, -0.05) is 48.9 Å². The smallest absolute Gasteiger partial charge is 0.269 e. The van der Waals surface area contributed by atoms with Crippen LogP contribution in [0.3, 0.4) is 0 Å². The quantitative estimate of drug-likeness (QED) is 0.581. The van der Waals surface area contributed by atoms with E-state index in [2.05, 4.69) is 5.32 Å². The average Bonchev–Trinajstić information content (AvgIpc) is 3.00. The first kappa shape index (κ1) is 24.7. The van der Waals surface area contributed by atoms with Gasteiger partial charge in [0.25, 0.3) is 15.9 Å². The molecule has 0 aliphatic carbocycles. The third-order valence-corrected chi connectivity index (χ3v) is 7.80. The van der Waals surface area contributed by atoms with Crippen LogP contribution < -0.4 is 5.32 Å². The number of rotatable bonds is 9. The van der Waals surface area contributed by atoms with Crippen LogP contribution in [-0.2, 0) is 26.2 Å². The van der Waals surface area contributed by atoms with Gasteiger partial charge in [-0.3, -0.25) is 14.4 Å². The monoisotopic (exact) mass is 491 g/mol. The molecule has 8 nitrogen and oxygen atoms in total. The van der Waals surface area contributed by atoms with Crippen LogP contribution >= 0.6 is 11.6 Å². The van der Waals surface area contributed by atoms with Gasteiger partial charge in [-0.05, 0) is 36.6 Å². The lowest BCUT2D eigenvalue weighted by Crippen LogP contribution is -2.48. The average molecular weight is 492 g/mol. The summed E-state index contributed by atoms with van der Waals surface area (Å²) in [6.07, 6.45) is 0.485. The van der Waals surface area contributed by atoms with Crippen molar-refractivity contribution in [3.63, 3.8) is 0 Å². The lowest BCUT2D eigenvalue weighted by atomic mass is 10.1. The summed E-state index contributed by atoms with van der Waals surface area (Å²) in [6.45, 7) is 1.81. The van der Waals surface area contributed by atoms with Crippen LogP contribution in [0.25, 0.3) is 0 Å². The standard InChI is InChI=1S/C23H26ClN3O5S/c1-3-19(22(29)25-2)26(15-16-9-4-6-11-18(16)24)21(28)13-8-14-27-23(30)17-10-5-7-12-20(17)33(27,31)32/h4-7,9-12,19H,3,8,13-15H2,1-2H3,(H,25,29)/t19-/m1/s1. The molecular formula is C23H26ClN3O5S. The minimum absolute atomic E-state index is 0.0210. The molecule has 10 heteroatoms. The maximum atomic E-state index is 13.2. The van der Waals surface area contributed by atoms with E-state index in [9.17, 15) is 22.8 Å². The third-order valence-electron chi connectivity index (χ3n) is 5.59. The minimum Gasteiger partial charge on any atom is -0.357 e. The Morgan fingerprint density at radius 1 is 1.12 bits per heavy atom. The first-order valence-corrected chi connectivity index (χ1v) is 12.4. The molecule has 1 heterocycles. The molecule has 0 bridgehead atoms. The van der Waals surface area contributed by atoms with Gasteiger partial charge in [-0.2, -0.15) is 0 Å². The maximum absolute atomic E-state index is 13.2. The summed E-state index contributed by atoms with van der Waals surface area (Å²) < 4.78 is 26.2. The van der Waals surface area contributed by atoms with Gasteiger partial charge < -0.3 is 10.2 Å². The highest BCUT2D eigenvalue weighted by Crippen LogP contribution is 2.30. The van der Waals surface area contributed by atoms with E-state index in [4.69, 9.17) is 11.6 Å². The molecule has 0 saturated carbocycles. The van der Waals surface area contributed by atoms with E-state index in [0.29, 0.717) is 17.0 Å². The molecule has 0 spiro atoms. The van der Waals surface area contributed by atoms with Gasteiger partial charge in [-0.15, -0.1) is 0 Å². The van der Waals surface area contributed by atoms with Gasteiger partial charge >= 0.3 is 0 Å². The van der Waals surface area contributed by atoms with Gasteiger partial charge in [-0.25, -0.2) is 12.7 Å². The molecule has 1 aliphatic heterocycles. The Morgan fingerprint density at radius 2 is 1.79 bits per heavy atom. The Balaban J connectivity index is 1.74. The van der Waals surface area contributed by atoms with Crippen molar-refractivity contribution in [3.05, 3.63) is 64.7 Å². The van der Waals surface area contributed by atoms with Crippen molar-refractivity contribution in [2.45, 2.75) is 43.7 Å². The molecular weight excluding hydrogens is 466 g/mol. The largest absolute Gasteiger partial charge is 0.357 e. The van der Waals surface area contributed by atoms with Crippen molar-refractivity contribution in [2.24, 2.45) is 0 Å². The summed E-state index contributed by atoms with van der Waals surface area (Å²) in [7, 11) is -2.42. The van der Waals surface area contributed by atoms with Crippen molar-refractivity contribution in [1.82, 2.24) is 14.5 Å². The number of nitrogens with zero attached hydrogens (tertiary/aromatic N) is 2. The summed E-state index contributed by atoms with van der Waals surface area (Å²) in [5.74, 6) is -1.22. The molecule has 0 fully saturated rings. The Bertz CT molecular complexity index is 1170. The van der Waals surface area contributed by atoms with Crippen molar-refractivity contribution in [2.75, 3.05) is 13.6 Å². The number of benzene rings is 2. The zero-order valence-corrected chi connectivity index (χ0v) is 20.0. The Labute approximate surface area is 198 Å². The Hall–Kier alpha value is -2.91. The SMILES string of the molecule is CC[C@H](C(=O)NC)N(Cc1ccccc1Cl)C(=O)CCCN1C(=O)c2ccccc2S1(=O)=O. The number of nitrogens with one attached hydrogen (secondary N) is 1. The molecule has 176 valence electrons. The normalized spacial score (nSPS) is 15.1. The van der Waals surface area contributed by atoms with E-state index in [1.807, 2.05) is 0 Å². The second-order valence-electron chi connectivity index (χ2n) is 7.63. The molecule has 1 N–H and O–H groups in total. The number of hydrogen-bond acceptors (Lipinski definition) is 5.